The molecule has 0 bridgehead atoms. The maximum Gasteiger partial charge on any atom is 0.306 e. The van der Waals surface area contributed by atoms with Crippen LogP contribution in [0.3, 0.4) is 0 Å². The molecule has 0 spiro atoms. The van der Waals surface area contributed by atoms with Crippen molar-refractivity contribution < 1.29 is 14.7 Å². The molecule has 1 atom stereocenters. The largest absolute Gasteiger partial charge is 0.481 e. The molecule has 0 aromatic heterocycles. The third-order valence-corrected chi connectivity index (χ3v) is 2.66. The number of nitrogens with zero attached hydrogens (tertiary/aromatic N) is 2. The number of rotatable bonds is 4. The van der Waals surface area contributed by atoms with E-state index in [0.29, 0.717) is 0 Å². The second-order valence-corrected chi connectivity index (χ2v) is 4.36. The first-order valence-corrected chi connectivity index (χ1v) is 6.01. The summed E-state index contributed by atoms with van der Waals surface area (Å²) >= 11 is 0. The molecule has 1 heterocycles. The number of aliphatic imine (C=N–C) groups is 1. The van der Waals surface area contributed by atoms with Gasteiger partial charge in [0.25, 0.3) is 5.91 Å². The van der Waals surface area contributed by atoms with Crippen molar-refractivity contribution in [3.8, 4) is 0 Å². The van der Waals surface area contributed by atoms with Crippen molar-refractivity contribution in [3.63, 3.8) is 0 Å². The molecule has 0 fully saturated rings. The summed E-state index contributed by atoms with van der Waals surface area (Å²) in [4.78, 5) is 25.8. The Kier molecular flexibility index (Phi) is 4.09. The molecule has 0 aliphatic carbocycles. The van der Waals surface area contributed by atoms with Gasteiger partial charge in [-0.15, -0.1) is 0 Å². The highest BCUT2D eigenvalue weighted by molar-refractivity contribution is 6.06. The first kappa shape index (κ1) is 13.7. The van der Waals surface area contributed by atoms with E-state index in [9.17, 15) is 9.59 Å². The van der Waals surface area contributed by atoms with E-state index in [1.807, 2.05) is 31.2 Å². The van der Waals surface area contributed by atoms with Gasteiger partial charge in [0, 0.05) is 0 Å². The van der Waals surface area contributed by atoms with Gasteiger partial charge in [-0.05, 0) is 12.5 Å². The van der Waals surface area contributed by atoms with E-state index in [4.69, 9.17) is 5.11 Å². The van der Waals surface area contributed by atoms with E-state index < -0.39 is 17.9 Å². The maximum absolute atomic E-state index is 11.4. The first-order chi connectivity index (χ1) is 9.54. The molecule has 1 aromatic carbocycles. The molecule has 1 aromatic rings. The lowest BCUT2D eigenvalue weighted by molar-refractivity contribution is -0.139. The normalized spacial score (nSPS) is 17.9. The number of carboxylic acids is 1. The van der Waals surface area contributed by atoms with E-state index in [1.54, 1.807) is 6.21 Å². The number of nitrogens with one attached hydrogen (secondary N) is 2. The Labute approximate surface area is 115 Å². The van der Waals surface area contributed by atoms with Gasteiger partial charge in [0.05, 0.1) is 12.6 Å². The zero-order chi connectivity index (χ0) is 14.5. The van der Waals surface area contributed by atoms with E-state index in [2.05, 4.69) is 20.8 Å². The molecule has 104 valence electrons. The molecule has 1 aliphatic heterocycles. The molecule has 0 radical (unpaired) electrons. The average molecular weight is 274 g/mol. The van der Waals surface area contributed by atoms with Gasteiger partial charge in [0.2, 0.25) is 5.96 Å². The van der Waals surface area contributed by atoms with Crippen LogP contribution in [-0.4, -0.2) is 35.2 Å². The van der Waals surface area contributed by atoms with Crippen LogP contribution in [0, 0.1) is 6.92 Å². The summed E-state index contributed by atoms with van der Waals surface area (Å²) in [6.45, 7) is 1.99. The maximum atomic E-state index is 11.4. The highest BCUT2D eigenvalue weighted by atomic mass is 16.4. The summed E-state index contributed by atoms with van der Waals surface area (Å²) in [7, 11) is 0. The van der Waals surface area contributed by atoms with Gasteiger partial charge in [-0.1, -0.05) is 29.8 Å². The summed E-state index contributed by atoms with van der Waals surface area (Å²) in [5.74, 6) is -1.36. The predicted molar refractivity (Wildman–Crippen MR) is 73.5 cm³/mol. The molecule has 7 nitrogen and oxygen atoms in total. The third kappa shape index (κ3) is 3.64. The molecule has 1 amide bonds. The van der Waals surface area contributed by atoms with Gasteiger partial charge in [0.1, 0.15) is 6.04 Å². The van der Waals surface area contributed by atoms with Crippen LogP contribution < -0.4 is 10.7 Å². The van der Waals surface area contributed by atoms with E-state index in [0.717, 1.165) is 11.1 Å². The summed E-state index contributed by atoms with van der Waals surface area (Å²) in [5, 5.41) is 15.0. The molecule has 7 heteroatoms. The molecule has 3 N–H and O–H groups in total. The number of carbonyl (C=O) groups excluding carboxylic acids is 1. The fourth-order valence-electron chi connectivity index (χ4n) is 1.63. The van der Waals surface area contributed by atoms with Crippen molar-refractivity contribution in [2.24, 2.45) is 10.1 Å². The monoisotopic (exact) mass is 274 g/mol. The van der Waals surface area contributed by atoms with Crippen LogP contribution >= 0.6 is 0 Å². The molecule has 0 saturated carbocycles. The van der Waals surface area contributed by atoms with E-state index >= 15 is 0 Å². The van der Waals surface area contributed by atoms with E-state index in [1.165, 1.54) is 0 Å². The quantitative estimate of drug-likeness (QED) is 0.540. The topological polar surface area (TPSA) is 103 Å². The number of carboxylic acid groups (broad SMARTS) is 1. The van der Waals surface area contributed by atoms with Crippen molar-refractivity contribution >= 4 is 24.1 Å². The zero-order valence-corrected chi connectivity index (χ0v) is 10.8. The second kappa shape index (κ2) is 5.96. The van der Waals surface area contributed by atoms with Crippen molar-refractivity contribution in [1.82, 2.24) is 10.7 Å². The van der Waals surface area contributed by atoms with Crippen LogP contribution in [0.4, 0.5) is 0 Å². The summed E-state index contributed by atoms with van der Waals surface area (Å²) < 4.78 is 0. The van der Waals surface area contributed by atoms with Gasteiger partial charge in [0.15, 0.2) is 0 Å². The number of hydrogen-bond acceptors (Lipinski definition) is 5. The van der Waals surface area contributed by atoms with Crippen LogP contribution in [0.25, 0.3) is 0 Å². The SMILES string of the molecule is Cc1ccc(C=NNC2=NC(CC(=O)O)C(=O)N2)cc1. The fourth-order valence-corrected chi connectivity index (χ4v) is 1.63. The van der Waals surface area contributed by atoms with E-state index in [-0.39, 0.29) is 12.4 Å². The van der Waals surface area contributed by atoms with Gasteiger partial charge in [-0.3, -0.25) is 14.9 Å². The summed E-state index contributed by atoms with van der Waals surface area (Å²) in [5.41, 5.74) is 4.62. The lowest BCUT2D eigenvalue weighted by Gasteiger charge is -1.98. The fraction of sp³-hybridized carbons (Fsp3) is 0.231. The summed E-state index contributed by atoms with van der Waals surface area (Å²) in [6, 6.07) is 6.83. The minimum absolute atomic E-state index is 0.157. The summed E-state index contributed by atoms with van der Waals surface area (Å²) in [6.07, 6.45) is 1.25. The molecule has 2 rings (SSSR count). The number of aryl methyl sites for hydroxylation is 1. The average Bonchev–Trinajstić information content (AvgIpc) is 2.72. The van der Waals surface area contributed by atoms with Crippen LogP contribution in [-0.2, 0) is 9.59 Å². The number of guanidine groups is 1. The Hall–Kier alpha value is -2.70. The Morgan fingerprint density at radius 3 is 2.85 bits per heavy atom. The second-order valence-electron chi connectivity index (χ2n) is 4.36. The highest BCUT2D eigenvalue weighted by Crippen LogP contribution is 2.04. The lowest BCUT2D eigenvalue weighted by atomic mass is 10.2. The molecule has 1 aliphatic rings. The minimum atomic E-state index is -1.07. The van der Waals surface area contributed by atoms with Gasteiger partial charge < -0.3 is 5.11 Å². The van der Waals surface area contributed by atoms with Crippen molar-refractivity contribution in [2.75, 3.05) is 0 Å². The number of hydrogen-bond donors (Lipinski definition) is 3. The minimum Gasteiger partial charge on any atom is -0.481 e. The highest BCUT2D eigenvalue weighted by Gasteiger charge is 2.28. The molecular weight excluding hydrogens is 260 g/mol. The van der Waals surface area contributed by atoms with Gasteiger partial charge in [-0.25, -0.2) is 10.4 Å². The number of carbonyl (C=O) groups is 2. The molecular formula is C13H14N4O3. The lowest BCUT2D eigenvalue weighted by Crippen LogP contribution is -2.35. The standard InChI is InChI=1S/C13H14N4O3/c1-8-2-4-9(5-3-8)7-14-17-13-15-10(6-11(18)19)12(20)16-13/h2-5,7,10H,6H2,1H3,(H,18,19)(H2,15,16,17,20). The van der Waals surface area contributed by atoms with Crippen molar-refractivity contribution in [3.05, 3.63) is 35.4 Å². The Morgan fingerprint density at radius 2 is 2.20 bits per heavy atom. The Balaban J connectivity index is 1.92. The smallest absolute Gasteiger partial charge is 0.306 e. The Morgan fingerprint density at radius 1 is 1.50 bits per heavy atom. The molecule has 1 unspecified atom stereocenters. The van der Waals surface area contributed by atoms with Crippen LogP contribution in [0.5, 0.6) is 0 Å². The van der Waals surface area contributed by atoms with Gasteiger partial charge in [-0.2, -0.15) is 5.10 Å². The molecule has 0 saturated heterocycles. The third-order valence-electron chi connectivity index (χ3n) is 2.66. The Bertz CT molecular complexity index is 578. The zero-order valence-electron chi connectivity index (χ0n) is 10.8. The van der Waals surface area contributed by atoms with Gasteiger partial charge >= 0.3 is 5.97 Å². The number of amides is 1. The molecule has 20 heavy (non-hydrogen) atoms. The van der Waals surface area contributed by atoms with Crippen LogP contribution in [0.2, 0.25) is 0 Å². The first-order valence-electron chi connectivity index (χ1n) is 6.01. The number of benzene rings is 1. The predicted octanol–water partition coefficient (Wildman–Crippen LogP) is 0.248. The van der Waals surface area contributed by atoms with Crippen LogP contribution in [0.15, 0.2) is 34.4 Å². The van der Waals surface area contributed by atoms with Crippen LogP contribution in [0.1, 0.15) is 17.5 Å². The number of aliphatic carboxylic acids is 1. The van der Waals surface area contributed by atoms with Crippen molar-refractivity contribution in [1.29, 1.82) is 0 Å². The number of hydrazone groups is 1. The van der Waals surface area contributed by atoms with Crippen molar-refractivity contribution in [2.45, 2.75) is 19.4 Å².